The Balaban J connectivity index is 1.80. The maximum atomic E-state index is 12.4. The molecule has 0 atom stereocenters. The Morgan fingerprint density at radius 2 is 2.08 bits per heavy atom. The van der Waals surface area contributed by atoms with E-state index in [9.17, 15) is 9.59 Å². The van der Waals surface area contributed by atoms with Gasteiger partial charge in [-0.15, -0.1) is 11.3 Å². The van der Waals surface area contributed by atoms with Crippen LogP contribution in [0.25, 0.3) is 10.8 Å². The third-order valence-corrected chi connectivity index (χ3v) is 4.96. The minimum atomic E-state index is -0.163. The van der Waals surface area contributed by atoms with Gasteiger partial charge in [0.15, 0.2) is 0 Å². The van der Waals surface area contributed by atoms with Gasteiger partial charge in [-0.05, 0) is 30.5 Å². The molecule has 7 heteroatoms. The van der Waals surface area contributed by atoms with Crippen LogP contribution in [-0.2, 0) is 13.0 Å². The third kappa shape index (κ3) is 3.22. The third-order valence-electron chi connectivity index (χ3n) is 3.74. The summed E-state index contributed by atoms with van der Waals surface area (Å²) in [7, 11) is 0. The van der Waals surface area contributed by atoms with Crippen LogP contribution in [0.3, 0.4) is 0 Å². The Morgan fingerprint density at radius 1 is 1.33 bits per heavy atom. The van der Waals surface area contributed by atoms with E-state index in [0.717, 1.165) is 16.0 Å². The van der Waals surface area contributed by atoms with Crippen molar-refractivity contribution in [2.45, 2.75) is 19.9 Å². The fraction of sp³-hybridized carbons (Fsp3) is 0.235. The number of thiazole rings is 1. The van der Waals surface area contributed by atoms with E-state index in [0.29, 0.717) is 35.5 Å². The maximum Gasteiger partial charge on any atom is 0.263 e. The first-order valence-electron chi connectivity index (χ1n) is 7.64. The number of fused-ring (bicyclic) bond motifs is 1. The Bertz CT molecular complexity index is 945. The maximum absolute atomic E-state index is 12.4. The second-order valence-corrected chi connectivity index (χ2v) is 6.52. The molecule has 0 aliphatic rings. The van der Waals surface area contributed by atoms with Gasteiger partial charge in [-0.25, -0.2) is 4.98 Å². The number of aromatic amines is 1. The number of carbonyl (C=O) groups excluding carboxylic acids is 1. The summed E-state index contributed by atoms with van der Waals surface area (Å²) >= 11 is 1.37. The monoisotopic (exact) mass is 342 g/mol. The van der Waals surface area contributed by atoms with E-state index in [2.05, 4.69) is 15.3 Å². The lowest BCUT2D eigenvalue weighted by molar-refractivity contribution is 0.0954. The van der Waals surface area contributed by atoms with Crippen molar-refractivity contribution in [2.75, 3.05) is 6.54 Å². The number of benzene rings is 1. The molecular formula is C17H18N4O2S. The van der Waals surface area contributed by atoms with Crippen molar-refractivity contribution in [3.8, 4) is 0 Å². The van der Waals surface area contributed by atoms with Gasteiger partial charge in [0.1, 0.15) is 4.88 Å². The SMILES string of the molecule is Cc1nc(CCN)sc1C(=O)NCc1c[nH]c(=O)c2ccccc12. The number of aryl methyl sites for hydroxylation is 1. The second-order valence-electron chi connectivity index (χ2n) is 5.43. The number of pyridine rings is 1. The number of H-pyrrole nitrogens is 1. The van der Waals surface area contributed by atoms with E-state index in [4.69, 9.17) is 5.73 Å². The first-order chi connectivity index (χ1) is 11.6. The summed E-state index contributed by atoms with van der Waals surface area (Å²) in [5.74, 6) is -0.163. The van der Waals surface area contributed by atoms with Crippen molar-refractivity contribution in [1.82, 2.24) is 15.3 Å². The molecule has 3 rings (SSSR count). The van der Waals surface area contributed by atoms with Crippen molar-refractivity contribution < 1.29 is 4.79 Å². The van der Waals surface area contributed by atoms with E-state index in [1.54, 1.807) is 12.3 Å². The van der Waals surface area contributed by atoms with Crippen LogP contribution < -0.4 is 16.6 Å². The van der Waals surface area contributed by atoms with Crippen molar-refractivity contribution in [3.63, 3.8) is 0 Å². The highest BCUT2D eigenvalue weighted by Crippen LogP contribution is 2.19. The Morgan fingerprint density at radius 3 is 2.83 bits per heavy atom. The summed E-state index contributed by atoms with van der Waals surface area (Å²) in [6, 6.07) is 7.34. The lowest BCUT2D eigenvalue weighted by atomic mass is 10.1. The van der Waals surface area contributed by atoms with Gasteiger partial charge in [0.05, 0.1) is 10.7 Å². The van der Waals surface area contributed by atoms with Gasteiger partial charge < -0.3 is 16.0 Å². The zero-order valence-corrected chi connectivity index (χ0v) is 14.1. The Labute approximate surface area is 142 Å². The van der Waals surface area contributed by atoms with Gasteiger partial charge in [-0.1, -0.05) is 18.2 Å². The highest BCUT2D eigenvalue weighted by Gasteiger charge is 2.15. The lowest BCUT2D eigenvalue weighted by Crippen LogP contribution is -2.23. The van der Waals surface area contributed by atoms with Crippen LogP contribution in [0, 0.1) is 6.92 Å². The second kappa shape index (κ2) is 6.94. The van der Waals surface area contributed by atoms with Gasteiger partial charge in [0, 0.05) is 24.5 Å². The summed E-state index contributed by atoms with van der Waals surface area (Å²) < 4.78 is 0. The quantitative estimate of drug-likeness (QED) is 0.657. The summed E-state index contributed by atoms with van der Waals surface area (Å²) in [5, 5.41) is 5.22. The molecule has 0 saturated carbocycles. The van der Waals surface area contributed by atoms with Gasteiger partial charge in [0.2, 0.25) is 0 Å². The average Bonchev–Trinajstić information content (AvgIpc) is 2.95. The fourth-order valence-electron chi connectivity index (χ4n) is 2.56. The summed E-state index contributed by atoms with van der Waals surface area (Å²) in [6.07, 6.45) is 2.31. The number of aromatic nitrogens is 2. The molecule has 6 nitrogen and oxygen atoms in total. The van der Waals surface area contributed by atoms with Crippen LogP contribution >= 0.6 is 11.3 Å². The number of carbonyl (C=O) groups is 1. The van der Waals surface area contributed by atoms with Crippen molar-refractivity contribution in [3.05, 3.63) is 62.0 Å². The average molecular weight is 342 g/mol. The molecule has 0 saturated heterocycles. The van der Waals surface area contributed by atoms with Crippen LogP contribution in [0.15, 0.2) is 35.3 Å². The number of nitrogens with zero attached hydrogens (tertiary/aromatic N) is 1. The number of nitrogens with two attached hydrogens (primary N) is 1. The number of rotatable bonds is 5. The molecule has 0 aliphatic carbocycles. The first kappa shape index (κ1) is 16.4. The summed E-state index contributed by atoms with van der Waals surface area (Å²) in [5.41, 5.74) is 6.98. The van der Waals surface area contributed by atoms with Crippen LogP contribution in [-0.4, -0.2) is 22.4 Å². The Kier molecular flexibility index (Phi) is 4.73. The molecular weight excluding hydrogens is 324 g/mol. The van der Waals surface area contributed by atoms with Crippen molar-refractivity contribution >= 4 is 28.0 Å². The smallest absolute Gasteiger partial charge is 0.263 e. The van der Waals surface area contributed by atoms with Gasteiger partial charge in [-0.3, -0.25) is 9.59 Å². The number of hydrogen-bond acceptors (Lipinski definition) is 5. The topological polar surface area (TPSA) is 101 Å². The molecule has 1 aromatic carbocycles. The molecule has 124 valence electrons. The van der Waals surface area contributed by atoms with Gasteiger partial charge in [-0.2, -0.15) is 0 Å². The van der Waals surface area contributed by atoms with E-state index < -0.39 is 0 Å². The van der Waals surface area contributed by atoms with Crippen molar-refractivity contribution in [2.24, 2.45) is 5.73 Å². The normalized spacial score (nSPS) is 10.9. The predicted molar refractivity (Wildman–Crippen MR) is 95.3 cm³/mol. The van der Waals surface area contributed by atoms with Crippen LogP contribution in [0.2, 0.25) is 0 Å². The molecule has 0 aliphatic heterocycles. The highest BCUT2D eigenvalue weighted by atomic mass is 32.1. The molecule has 3 aromatic rings. The number of hydrogen-bond donors (Lipinski definition) is 3. The molecule has 24 heavy (non-hydrogen) atoms. The number of nitrogens with one attached hydrogen (secondary N) is 2. The highest BCUT2D eigenvalue weighted by molar-refractivity contribution is 7.13. The standard InChI is InChI=1S/C17H18N4O2S/c1-10-15(24-14(21-10)6-7-18)17(23)20-9-11-8-19-16(22)13-5-3-2-4-12(11)13/h2-5,8H,6-7,9,18H2,1H3,(H,19,22)(H,20,23). The molecule has 0 bridgehead atoms. The molecule has 0 unspecified atom stereocenters. The predicted octanol–water partition coefficient (Wildman–Crippen LogP) is 1.72. The molecule has 2 aromatic heterocycles. The molecule has 0 spiro atoms. The Hall–Kier alpha value is -2.51. The molecule has 4 N–H and O–H groups in total. The van der Waals surface area contributed by atoms with E-state index in [1.807, 2.05) is 25.1 Å². The molecule has 2 heterocycles. The molecule has 0 radical (unpaired) electrons. The van der Waals surface area contributed by atoms with Gasteiger partial charge >= 0.3 is 0 Å². The molecule has 0 fully saturated rings. The summed E-state index contributed by atoms with van der Waals surface area (Å²) in [4.78, 5) is 31.9. The van der Waals surface area contributed by atoms with E-state index in [-0.39, 0.29) is 11.5 Å². The van der Waals surface area contributed by atoms with Gasteiger partial charge in [0.25, 0.3) is 11.5 Å². The van der Waals surface area contributed by atoms with E-state index >= 15 is 0 Å². The van der Waals surface area contributed by atoms with E-state index in [1.165, 1.54) is 11.3 Å². The zero-order valence-electron chi connectivity index (χ0n) is 13.3. The summed E-state index contributed by atoms with van der Waals surface area (Å²) in [6.45, 7) is 2.66. The number of amides is 1. The molecule has 1 amide bonds. The van der Waals surface area contributed by atoms with Crippen molar-refractivity contribution in [1.29, 1.82) is 0 Å². The van der Waals surface area contributed by atoms with Crippen LogP contribution in [0.1, 0.15) is 25.9 Å². The minimum absolute atomic E-state index is 0.134. The minimum Gasteiger partial charge on any atom is -0.347 e. The zero-order chi connectivity index (χ0) is 17.1. The van der Waals surface area contributed by atoms with Crippen LogP contribution in [0.5, 0.6) is 0 Å². The lowest BCUT2D eigenvalue weighted by Gasteiger charge is -2.07. The fourth-order valence-corrected chi connectivity index (χ4v) is 3.56. The first-order valence-corrected chi connectivity index (χ1v) is 8.45. The largest absolute Gasteiger partial charge is 0.347 e. The van der Waals surface area contributed by atoms with Crippen LogP contribution in [0.4, 0.5) is 0 Å².